The highest BCUT2D eigenvalue weighted by Crippen LogP contribution is 2.37. The molecule has 0 fully saturated rings. The van der Waals surface area contributed by atoms with Gasteiger partial charge < -0.3 is 9.13 Å². The number of para-hydroxylation sites is 2. The van der Waals surface area contributed by atoms with Crippen LogP contribution in [0.4, 0.5) is 0 Å². The normalized spacial score (nSPS) is 11.9. The summed E-state index contributed by atoms with van der Waals surface area (Å²) < 4.78 is 5.00. The second kappa shape index (κ2) is 18.9. The van der Waals surface area contributed by atoms with Crippen LogP contribution in [0.1, 0.15) is 0 Å². The SMILES string of the molecule is c1ccc(-c2cccc([Si](c3ccccc3)(c3ccccc3)c3cccc4c3c3ccccc3n4-c3ccc4c5ccccc5n(-c5ccc([Si](c6ccccc6)(c6ccccc6)c6ccccc6)cc5)c4c3)c2)cc1. The molecule has 0 aliphatic rings. The first-order valence-electron chi connectivity index (χ1n) is 26.3. The van der Waals surface area contributed by atoms with E-state index in [-0.39, 0.29) is 0 Å². The number of aromatic nitrogens is 2. The Kier molecular flexibility index (Phi) is 11.2. The standard InChI is InChI=1S/C72H52N2Si2/c1-7-25-53(26-8-1)54-27-23-38-63(51-54)76(60-34-15-5-16-35-60,61-36-17-6-18-37-61)71-44-24-43-69-72(71)66-40-20-22-42-68(66)74(69)56-47-50-65-64-39-19-21-41-67(64)73(70(65)52-56)55-45-48-62(49-46-55)75(57-28-9-2-10-29-57,58-30-11-3-12-31-58)59-32-13-4-14-33-59/h1-52H. The van der Waals surface area contributed by atoms with Gasteiger partial charge in [-0.1, -0.05) is 273 Å². The van der Waals surface area contributed by atoms with Gasteiger partial charge in [0, 0.05) is 32.9 Å². The molecule has 0 amide bonds. The summed E-state index contributed by atoms with van der Waals surface area (Å²) in [6, 6.07) is 118. The molecular formula is C72H52N2Si2. The summed E-state index contributed by atoms with van der Waals surface area (Å²) in [5.74, 6) is 0. The van der Waals surface area contributed by atoms with Gasteiger partial charge in [-0.25, -0.2) is 0 Å². The van der Waals surface area contributed by atoms with Gasteiger partial charge in [0.1, 0.15) is 0 Å². The average Bonchev–Trinajstić information content (AvgIpc) is 4.08. The molecule has 0 unspecified atom stereocenters. The van der Waals surface area contributed by atoms with Crippen LogP contribution < -0.4 is 41.5 Å². The van der Waals surface area contributed by atoms with E-state index >= 15 is 0 Å². The first-order chi connectivity index (χ1) is 37.7. The van der Waals surface area contributed by atoms with E-state index < -0.39 is 16.1 Å². The molecule has 14 aromatic rings. The first-order valence-corrected chi connectivity index (χ1v) is 30.3. The van der Waals surface area contributed by atoms with Gasteiger partial charge in [-0.15, -0.1) is 0 Å². The summed E-state index contributed by atoms with van der Waals surface area (Å²) in [7, 11) is -5.78. The highest BCUT2D eigenvalue weighted by atomic mass is 28.3. The van der Waals surface area contributed by atoms with Crippen molar-refractivity contribution in [3.05, 3.63) is 315 Å². The molecule has 0 radical (unpaired) electrons. The molecule has 358 valence electrons. The predicted molar refractivity (Wildman–Crippen MR) is 328 cm³/mol. The zero-order valence-electron chi connectivity index (χ0n) is 41.9. The number of benzene rings is 12. The minimum Gasteiger partial charge on any atom is -0.309 e. The summed E-state index contributed by atoms with van der Waals surface area (Å²) >= 11 is 0. The Balaban J connectivity index is 0.998. The van der Waals surface area contributed by atoms with Crippen molar-refractivity contribution in [2.45, 2.75) is 0 Å². The van der Waals surface area contributed by atoms with Crippen LogP contribution in [0.15, 0.2) is 315 Å². The third kappa shape index (κ3) is 7.14. The van der Waals surface area contributed by atoms with E-state index in [4.69, 9.17) is 0 Å². The van der Waals surface area contributed by atoms with Crippen molar-refractivity contribution < 1.29 is 0 Å². The Morgan fingerprint density at radius 2 is 0.592 bits per heavy atom. The van der Waals surface area contributed by atoms with Crippen LogP contribution >= 0.6 is 0 Å². The first kappa shape index (κ1) is 45.3. The fraction of sp³-hybridized carbons (Fsp3) is 0. The largest absolute Gasteiger partial charge is 0.309 e. The summed E-state index contributed by atoms with van der Waals surface area (Å²) in [6.45, 7) is 0. The van der Waals surface area contributed by atoms with Crippen molar-refractivity contribution >= 4 is 101 Å². The lowest BCUT2D eigenvalue weighted by atomic mass is 10.1. The van der Waals surface area contributed by atoms with E-state index in [9.17, 15) is 0 Å². The van der Waals surface area contributed by atoms with E-state index in [1.54, 1.807) is 0 Å². The van der Waals surface area contributed by atoms with Crippen molar-refractivity contribution in [3.63, 3.8) is 0 Å². The van der Waals surface area contributed by atoms with Crippen LogP contribution in [-0.4, -0.2) is 25.3 Å². The Hall–Kier alpha value is -9.33. The molecule has 2 heterocycles. The number of hydrogen-bond acceptors (Lipinski definition) is 0. The van der Waals surface area contributed by atoms with Gasteiger partial charge in [0.2, 0.25) is 0 Å². The van der Waals surface area contributed by atoms with Gasteiger partial charge in [-0.2, -0.15) is 0 Å². The van der Waals surface area contributed by atoms with E-state index in [1.165, 1.54) is 96.2 Å². The smallest absolute Gasteiger partial charge is 0.180 e. The van der Waals surface area contributed by atoms with Crippen molar-refractivity contribution in [3.8, 4) is 22.5 Å². The highest BCUT2D eigenvalue weighted by molar-refractivity contribution is 7.21. The summed E-state index contributed by atoms with van der Waals surface area (Å²) in [5, 5.41) is 15.9. The number of fused-ring (bicyclic) bond motifs is 6. The minimum absolute atomic E-state index is 1.12. The Morgan fingerprint density at radius 3 is 1.16 bits per heavy atom. The minimum atomic E-state index is -3.05. The van der Waals surface area contributed by atoms with Gasteiger partial charge in [0.15, 0.2) is 16.1 Å². The Bertz CT molecular complexity index is 4230. The molecule has 0 bridgehead atoms. The fourth-order valence-electron chi connectivity index (χ4n) is 12.8. The van der Waals surface area contributed by atoms with Gasteiger partial charge in [-0.05, 0) is 95.1 Å². The highest BCUT2D eigenvalue weighted by Gasteiger charge is 2.44. The van der Waals surface area contributed by atoms with Crippen LogP contribution in [0.25, 0.3) is 66.1 Å². The van der Waals surface area contributed by atoms with Crippen molar-refractivity contribution in [1.82, 2.24) is 9.13 Å². The van der Waals surface area contributed by atoms with Gasteiger partial charge in [0.05, 0.1) is 22.1 Å². The molecule has 2 aromatic heterocycles. The quantitative estimate of drug-likeness (QED) is 0.0903. The van der Waals surface area contributed by atoms with Crippen molar-refractivity contribution in [1.29, 1.82) is 0 Å². The topological polar surface area (TPSA) is 9.86 Å². The molecule has 14 rings (SSSR count). The maximum absolute atomic E-state index is 3.05. The summed E-state index contributed by atoms with van der Waals surface area (Å²) in [5.41, 5.74) is 9.42. The lowest BCUT2D eigenvalue weighted by Crippen LogP contribution is -2.74. The van der Waals surface area contributed by atoms with Gasteiger partial charge in [0.25, 0.3) is 0 Å². The number of hydrogen-bond donors (Lipinski definition) is 0. The summed E-state index contributed by atoms with van der Waals surface area (Å²) in [4.78, 5) is 0. The van der Waals surface area contributed by atoms with E-state index in [0.717, 1.165) is 11.4 Å². The lowest BCUT2D eigenvalue weighted by Gasteiger charge is -2.35. The van der Waals surface area contributed by atoms with Gasteiger partial charge >= 0.3 is 0 Å². The van der Waals surface area contributed by atoms with Crippen LogP contribution in [0, 0.1) is 0 Å². The van der Waals surface area contributed by atoms with Crippen LogP contribution in [0.2, 0.25) is 0 Å². The van der Waals surface area contributed by atoms with E-state index in [1.807, 2.05) is 0 Å². The zero-order valence-corrected chi connectivity index (χ0v) is 43.9. The molecule has 12 aromatic carbocycles. The number of rotatable bonds is 11. The maximum atomic E-state index is 2.52. The third-order valence-electron chi connectivity index (χ3n) is 16.0. The van der Waals surface area contributed by atoms with Crippen LogP contribution in [-0.2, 0) is 0 Å². The molecular weight excluding hydrogens is 949 g/mol. The van der Waals surface area contributed by atoms with Gasteiger partial charge in [-0.3, -0.25) is 0 Å². The molecule has 4 heteroatoms. The molecule has 0 spiro atoms. The third-order valence-corrected chi connectivity index (χ3v) is 25.6. The van der Waals surface area contributed by atoms with E-state index in [0.29, 0.717) is 0 Å². The fourth-order valence-corrected chi connectivity index (χ4v) is 22.6. The second-order valence-electron chi connectivity index (χ2n) is 19.9. The van der Waals surface area contributed by atoms with E-state index in [2.05, 4.69) is 325 Å². The predicted octanol–water partition coefficient (Wildman–Crippen LogP) is 12.3. The molecule has 2 nitrogen and oxygen atoms in total. The molecule has 0 atom stereocenters. The molecule has 0 saturated carbocycles. The van der Waals surface area contributed by atoms with Crippen LogP contribution in [0.5, 0.6) is 0 Å². The maximum Gasteiger partial charge on any atom is 0.180 e. The molecule has 0 saturated heterocycles. The lowest BCUT2D eigenvalue weighted by molar-refractivity contribution is 1.16. The second-order valence-corrected chi connectivity index (χ2v) is 27.5. The Morgan fingerprint density at radius 1 is 0.211 bits per heavy atom. The zero-order chi connectivity index (χ0) is 50.5. The monoisotopic (exact) mass is 1000 g/mol. The Labute approximate surface area is 445 Å². The molecule has 0 N–H and O–H groups in total. The molecule has 76 heavy (non-hydrogen) atoms. The molecule has 0 aliphatic carbocycles. The average molecular weight is 1000 g/mol. The molecule has 0 aliphatic heterocycles. The summed E-state index contributed by atoms with van der Waals surface area (Å²) in [6.07, 6.45) is 0. The number of nitrogens with zero attached hydrogens (tertiary/aromatic N) is 2. The van der Waals surface area contributed by atoms with Crippen LogP contribution in [0.3, 0.4) is 0 Å². The van der Waals surface area contributed by atoms with Crippen molar-refractivity contribution in [2.75, 3.05) is 0 Å². The van der Waals surface area contributed by atoms with Crippen molar-refractivity contribution in [2.24, 2.45) is 0 Å².